The number of halogens is 9. The number of ether oxygens (including phenoxy) is 2. The molecule has 2 aromatic carbocycles. The van der Waals surface area contributed by atoms with Gasteiger partial charge in [0, 0.05) is 69.4 Å². The van der Waals surface area contributed by atoms with Crippen LogP contribution >= 0.6 is 160 Å². The van der Waals surface area contributed by atoms with Gasteiger partial charge in [0.1, 0.15) is 40.2 Å². The van der Waals surface area contributed by atoms with E-state index in [0.29, 0.717) is 54.9 Å². The number of Topliss-reactive ketones (excluding diaryl/α,β-unsaturated/α-hetero) is 6. The summed E-state index contributed by atoms with van der Waals surface area (Å²) in [5.41, 5.74) is 8.49. The Kier molecular flexibility index (Phi) is 37.2. The predicted octanol–water partition coefficient (Wildman–Crippen LogP) is 16.3. The average molecular weight is 1990 g/mol. The van der Waals surface area contributed by atoms with Gasteiger partial charge in [-0.1, -0.05) is 37.6 Å². The van der Waals surface area contributed by atoms with Crippen molar-refractivity contribution in [1.29, 1.82) is 0 Å². The first-order valence-electron chi connectivity index (χ1n) is 29.2. The number of nitrogens with one attached hydrogen (secondary N) is 2. The fourth-order valence-electron chi connectivity index (χ4n) is 8.22. The second-order valence-electron chi connectivity index (χ2n) is 20.9. The molecule has 0 saturated heterocycles. The Morgan fingerprint density at radius 1 is 0.579 bits per heavy atom. The average Bonchev–Trinajstić information content (AvgIpc) is 1.48. The van der Waals surface area contributed by atoms with Gasteiger partial charge >= 0.3 is 42.6 Å². The van der Waals surface area contributed by atoms with Gasteiger partial charge in [-0.05, 0) is 204 Å². The molecule has 42 heteroatoms. The van der Waals surface area contributed by atoms with E-state index in [4.69, 9.17) is 28.9 Å². The highest BCUT2D eigenvalue weighted by molar-refractivity contribution is 9.12. The Morgan fingerprint density at radius 3 is 1.37 bits per heavy atom. The van der Waals surface area contributed by atoms with Crippen LogP contribution < -0.4 is 15.8 Å². The number of nitrogens with zero attached hydrogens (tertiary/aromatic N) is 5. The van der Waals surface area contributed by atoms with E-state index in [2.05, 4.69) is 112 Å². The third kappa shape index (κ3) is 27.2. The quantitative estimate of drug-likeness (QED) is 0.0299. The second-order valence-corrected chi connectivity index (χ2v) is 38.6. The molecule has 3 aliphatic rings. The van der Waals surface area contributed by atoms with Crippen LogP contribution in [0, 0.1) is 17.6 Å². The van der Waals surface area contributed by atoms with Crippen molar-refractivity contribution in [3.63, 3.8) is 0 Å². The van der Waals surface area contributed by atoms with Crippen LogP contribution in [0.1, 0.15) is 103 Å². The van der Waals surface area contributed by atoms with Crippen LogP contribution in [0.3, 0.4) is 0 Å². The molecular formula is C65H63Br5Cl2F2N8O17S8. The molecule has 0 aliphatic carbocycles. The van der Waals surface area contributed by atoms with Crippen LogP contribution in [0.15, 0.2) is 157 Å². The van der Waals surface area contributed by atoms with Gasteiger partial charge in [-0.2, -0.15) is 25.3 Å². The molecule has 4 N–H and O–H groups in total. The van der Waals surface area contributed by atoms with Crippen molar-refractivity contribution in [3.8, 4) is 0 Å². The molecule has 576 valence electrons. The Morgan fingerprint density at radius 2 is 1.00 bits per heavy atom. The molecule has 7 aromatic rings. The summed E-state index contributed by atoms with van der Waals surface area (Å²) in [7, 11) is -6.91. The molecule has 1 unspecified atom stereocenters. The number of esters is 2. The van der Waals surface area contributed by atoms with Crippen molar-refractivity contribution >= 4 is 277 Å². The summed E-state index contributed by atoms with van der Waals surface area (Å²) >= 11 is 34.3. The maximum atomic E-state index is 13.3. The van der Waals surface area contributed by atoms with Gasteiger partial charge in [0.2, 0.25) is 5.78 Å². The number of ketones is 6. The Balaban J connectivity index is 0.000000336. The third-order valence-electron chi connectivity index (χ3n) is 13.4. The molecule has 10 rings (SSSR count). The minimum absolute atomic E-state index is 0. The van der Waals surface area contributed by atoms with Crippen LogP contribution in [0.2, 0.25) is 10.0 Å². The van der Waals surface area contributed by atoms with Crippen molar-refractivity contribution in [2.45, 2.75) is 69.2 Å². The van der Waals surface area contributed by atoms with E-state index in [-0.39, 0.29) is 69.1 Å². The van der Waals surface area contributed by atoms with Crippen LogP contribution in [0.4, 0.5) is 20.2 Å². The van der Waals surface area contributed by atoms with E-state index in [1.54, 1.807) is 57.2 Å². The zero-order valence-corrected chi connectivity index (χ0v) is 72.9. The molecule has 5 aromatic heterocycles. The molecule has 8 heterocycles. The maximum Gasteiger partial charge on any atom is 0.375 e. The minimum Gasteiger partial charge on any atom is -0.463 e. The molecule has 0 saturated carbocycles. The molecule has 0 fully saturated rings. The van der Waals surface area contributed by atoms with E-state index in [9.17, 15) is 77.2 Å². The summed E-state index contributed by atoms with van der Waals surface area (Å²) in [5, 5.41) is 2.45. The molecule has 1 amide bonds. The van der Waals surface area contributed by atoms with Gasteiger partial charge in [-0.3, -0.25) is 42.6 Å². The summed E-state index contributed by atoms with van der Waals surface area (Å²) in [6.07, 6.45) is 0.590. The normalized spacial score (nSPS) is 14.5. The Hall–Kier alpha value is -6.51. The van der Waals surface area contributed by atoms with E-state index < -0.39 is 77.6 Å². The number of rotatable bonds is 14. The highest BCUT2D eigenvalue weighted by Gasteiger charge is 2.36. The zero-order valence-electron chi connectivity index (χ0n) is 56.9. The Labute approximate surface area is 687 Å². The number of hydrogen-bond acceptors (Lipinski definition) is 23. The van der Waals surface area contributed by atoms with Crippen molar-refractivity contribution in [2.24, 2.45) is 19.1 Å². The monoisotopic (exact) mass is 1990 g/mol. The number of anilines is 2. The SMILES string of the molecule is C.CC(=O)C1=C(C)C(c2ccc(Br)s2)=NS(=O)(=O)N1C.CC(=O)C1=NS(=O)(=O)NC(c2ccc(Br)s2)=C1C.CC1=C(C(=O)Nc2ccc(F)c(Cl)c2)N(C)S(=O)(=O)N=C1c1ccc(Br)s1.CCC(=O)c1ccc(Br)s1.COC(=O)C(=O)C(C)C(=O)c1ccc(Br)s1.COC(=O)C(C)=O.Nc1ccc(F)c(Cl)c1. The fraction of sp³-hybridized carbons (Fsp3) is 0.231. The lowest BCUT2D eigenvalue weighted by atomic mass is 10.0. The summed E-state index contributed by atoms with van der Waals surface area (Å²) < 4.78 is 125. The van der Waals surface area contributed by atoms with Gasteiger partial charge in [0.15, 0.2) is 23.1 Å². The minimum atomic E-state index is -4.08. The summed E-state index contributed by atoms with van der Waals surface area (Å²) in [6, 6.07) is 25.5. The number of nitrogen functional groups attached to an aromatic ring is 1. The molecule has 0 bridgehead atoms. The molecular weight excluding hydrogens is 1930 g/mol. The van der Waals surface area contributed by atoms with Gasteiger partial charge in [-0.15, -0.1) is 69.9 Å². The number of carbonyl (C=O) groups is 9. The van der Waals surface area contributed by atoms with Gasteiger partial charge < -0.3 is 20.5 Å². The predicted molar refractivity (Wildman–Crippen MR) is 436 cm³/mol. The molecule has 1 atom stereocenters. The van der Waals surface area contributed by atoms with Gasteiger partial charge in [-0.25, -0.2) is 22.7 Å². The zero-order chi connectivity index (χ0) is 80.4. The van der Waals surface area contributed by atoms with Crippen LogP contribution in [-0.2, 0) is 73.7 Å². The van der Waals surface area contributed by atoms with Crippen molar-refractivity contribution < 1.29 is 86.7 Å². The van der Waals surface area contributed by atoms with E-state index in [1.807, 2.05) is 31.2 Å². The smallest absolute Gasteiger partial charge is 0.375 e. The standard InChI is InChI=1S/C16H12BrClFN3O3S2.C11H11BrN2O3S2.C10H9BrN2O3S2.C10H9BrO4S.C7H7BrOS.C6H5ClFN.C4H6O3.CH4/c1-8-14(12-5-6-13(17)26-12)21-27(24,25)22(2)15(8)16(23)20-9-3-4-11(19)10(18)7-9;1-6-10(8-4-5-9(12)18-8)13-19(16,17)14(3)11(6)7(2)15;1-5-9(6(2)14)12-18(15,16)13-10(5)7-3-4-8(11)17-7;1-5(9(13)10(14)15-2)8(12)6-3-4-7(11)16-6;1-2-5(9)6-3-4-7(8)10-6;7-5-3-4(9)1-2-6(5)8;1-3(5)4(6)7-2;/h3-7H,1-2H3,(H,20,23);4-5H,1-3H3;3-4,13H,1-2H3;3-5H,1-2H3;3-4H,2H2,1H3;1-3H,9H2;1-2H3;1H4. The van der Waals surface area contributed by atoms with Crippen LogP contribution in [0.5, 0.6) is 0 Å². The number of thiophene rings is 5. The van der Waals surface area contributed by atoms with Crippen LogP contribution in [0.25, 0.3) is 5.70 Å². The number of likely N-dealkylation sites (N-methyl/N-ethyl adjacent to an activating group) is 2. The maximum absolute atomic E-state index is 13.3. The van der Waals surface area contributed by atoms with Crippen molar-refractivity contribution in [2.75, 3.05) is 39.4 Å². The number of amides is 1. The van der Waals surface area contributed by atoms with E-state index >= 15 is 0 Å². The lowest BCUT2D eigenvalue weighted by Gasteiger charge is -2.26. The molecule has 25 nitrogen and oxygen atoms in total. The lowest BCUT2D eigenvalue weighted by Crippen LogP contribution is -2.37. The largest absolute Gasteiger partial charge is 0.463 e. The van der Waals surface area contributed by atoms with E-state index in [0.717, 1.165) is 57.4 Å². The number of methoxy groups -OCH3 is 2. The number of nitrogens with two attached hydrogens (primary N) is 1. The number of hydrogen-bond donors (Lipinski definition) is 3. The van der Waals surface area contributed by atoms with Gasteiger partial charge in [0.25, 0.3) is 11.7 Å². The summed E-state index contributed by atoms with van der Waals surface area (Å²) in [4.78, 5) is 104. The number of benzene rings is 2. The third-order valence-corrected chi connectivity index (χ3v) is 25.6. The highest BCUT2D eigenvalue weighted by Crippen LogP contribution is 2.35. The first-order chi connectivity index (χ1) is 49.2. The first kappa shape index (κ1) is 94.7. The lowest BCUT2D eigenvalue weighted by molar-refractivity contribution is -0.152. The van der Waals surface area contributed by atoms with E-state index in [1.165, 1.54) is 129 Å². The van der Waals surface area contributed by atoms with Crippen molar-refractivity contribution in [1.82, 2.24) is 13.3 Å². The van der Waals surface area contributed by atoms with Crippen molar-refractivity contribution in [3.05, 3.63) is 190 Å². The molecule has 107 heavy (non-hydrogen) atoms. The number of allylic oxidation sites excluding steroid dienone is 4. The summed E-state index contributed by atoms with van der Waals surface area (Å²) in [6.45, 7) is 12.1. The second kappa shape index (κ2) is 42.1. The summed E-state index contributed by atoms with van der Waals surface area (Å²) in [5.74, 6) is -6.73. The fourth-order valence-corrected chi connectivity index (χ4v) is 19.1. The topological polar surface area (TPSA) is 368 Å². The number of carbonyl (C=O) groups excluding carboxylic acids is 9. The van der Waals surface area contributed by atoms with Gasteiger partial charge in [0.05, 0.1) is 79.2 Å². The molecule has 3 aliphatic heterocycles. The highest BCUT2D eigenvalue weighted by atomic mass is 79.9. The first-order valence-corrected chi connectivity index (χ1v) is 42.3. The molecule has 0 radical (unpaired) electrons. The van der Waals surface area contributed by atoms with Crippen LogP contribution in [-0.4, -0.2) is 132 Å². The molecule has 0 spiro atoms. The Bertz CT molecular complexity index is 5170.